The zero-order valence-corrected chi connectivity index (χ0v) is 9.11. The number of methoxy groups -OCH3 is 2. The fourth-order valence-electron chi connectivity index (χ4n) is 0.549. The molecule has 0 rings (SSSR count). The first-order chi connectivity index (χ1) is 6.60. The molecule has 5 heteroatoms. The van der Waals surface area contributed by atoms with E-state index >= 15 is 0 Å². The molecule has 14 heavy (non-hydrogen) atoms. The Morgan fingerprint density at radius 2 is 1.36 bits per heavy atom. The van der Waals surface area contributed by atoms with Gasteiger partial charge in [0.05, 0.1) is 12.2 Å². The van der Waals surface area contributed by atoms with Crippen LogP contribution in [0.4, 0.5) is 4.79 Å². The highest BCUT2D eigenvalue weighted by molar-refractivity contribution is 5.59. The highest BCUT2D eigenvalue weighted by Crippen LogP contribution is 1.95. The molecular weight excluding hydrogens is 188 g/mol. The number of hydrogen-bond donors (Lipinski definition) is 0. The third-order valence-corrected chi connectivity index (χ3v) is 1.68. The quantitative estimate of drug-likeness (QED) is 0.611. The summed E-state index contributed by atoms with van der Waals surface area (Å²) in [4.78, 5) is 10.9. The second-order valence-electron chi connectivity index (χ2n) is 2.96. The molecule has 2 atom stereocenters. The van der Waals surface area contributed by atoms with Gasteiger partial charge in [-0.15, -0.1) is 0 Å². The average Bonchev–Trinajstić information content (AvgIpc) is 2.22. The van der Waals surface area contributed by atoms with Gasteiger partial charge in [-0.3, -0.25) is 0 Å². The molecule has 0 aromatic carbocycles. The molecule has 0 bridgehead atoms. The largest absolute Gasteiger partial charge is 0.508 e. The summed E-state index contributed by atoms with van der Waals surface area (Å²) in [6.45, 7) is 3.98. The molecule has 84 valence electrons. The van der Waals surface area contributed by atoms with Crippen LogP contribution in [0.15, 0.2) is 0 Å². The van der Waals surface area contributed by atoms with Crippen molar-refractivity contribution in [1.29, 1.82) is 0 Å². The van der Waals surface area contributed by atoms with Crippen molar-refractivity contribution in [1.82, 2.24) is 0 Å². The lowest BCUT2D eigenvalue weighted by molar-refractivity contribution is -0.0127. The van der Waals surface area contributed by atoms with Crippen LogP contribution in [-0.2, 0) is 18.9 Å². The van der Waals surface area contributed by atoms with E-state index in [-0.39, 0.29) is 25.4 Å². The van der Waals surface area contributed by atoms with Crippen LogP contribution in [0.3, 0.4) is 0 Å². The maximum absolute atomic E-state index is 10.9. The van der Waals surface area contributed by atoms with Gasteiger partial charge in [0, 0.05) is 14.2 Å². The normalized spacial score (nSPS) is 14.6. The predicted molar refractivity (Wildman–Crippen MR) is 50.2 cm³/mol. The van der Waals surface area contributed by atoms with Gasteiger partial charge in [-0.05, 0) is 13.8 Å². The van der Waals surface area contributed by atoms with Crippen molar-refractivity contribution in [3.63, 3.8) is 0 Å². The van der Waals surface area contributed by atoms with E-state index in [2.05, 4.69) is 0 Å². The summed E-state index contributed by atoms with van der Waals surface area (Å²) >= 11 is 0. The molecule has 0 radical (unpaired) electrons. The fourth-order valence-corrected chi connectivity index (χ4v) is 0.549. The van der Waals surface area contributed by atoms with E-state index in [1.807, 2.05) is 0 Å². The predicted octanol–water partition coefficient (Wildman–Crippen LogP) is 1.21. The molecule has 2 unspecified atom stereocenters. The summed E-state index contributed by atoms with van der Waals surface area (Å²) in [5.41, 5.74) is 0. The van der Waals surface area contributed by atoms with Crippen LogP contribution in [0, 0.1) is 0 Å². The number of ether oxygens (including phenoxy) is 4. The Hall–Kier alpha value is -0.810. The van der Waals surface area contributed by atoms with E-state index in [9.17, 15) is 4.79 Å². The highest BCUT2D eigenvalue weighted by Gasteiger charge is 2.09. The SMILES string of the molecule is COC(C)COC(=O)OCC(C)OC. The molecule has 0 fully saturated rings. The van der Waals surface area contributed by atoms with E-state index in [1.165, 1.54) is 0 Å². The van der Waals surface area contributed by atoms with Gasteiger partial charge >= 0.3 is 6.16 Å². The van der Waals surface area contributed by atoms with E-state index in [4.69, 9.17) is 18.9 Å². The van der Waals surface area contributed by atoms with E-state index in [0.29, 0.717) is 0 Å². The number of rotatable bonds is 6. The van der Waals surface area contributed by atoms with Crippen molar-refractivity contribution in [3.8, 4) is 0 Å². The van der Waals surface area contributed by atoms with E-state index in [0.717, 1.165) is 0 Å². The van der Waals surface area contributed by atoms with Crippen LogP contribution in [-0.4, -0.2) is 45.8 Å². The molecule has 0 amide bonds. The van der Waals surface area contributed by atoms with Crippen molar-refractivity contribution in [2.75, 3.05) is 27.4 Å². The molecule has 0 aromatic heterocycles. The van der Waals surface area contributed by atoms with Crippen molar-refractivity contribution in [2.45, 2.75) is 26.1 Å². The van der Waals surface area contributed by atoms with Crippen LogP contribution in [0.2, 0.25) is 0 Å². The Morgan fingerprint density at radius 3 is 1.64 bits per heavy atom. The summed E-state index contributed by atoms with van der Waals surface area (Å²) in [6, 6.07) is 0. The van der Waals surface area contributed by atoms with Crippen molar-refractivity contribution < 1.29 is 23.7 Å². The molecule has 5 nitrogen and oxygen atoms in total. The summed E-state index contributed by atoms with van der Waals surface area (Å²) in [5.74, 6) is 0. The van der Waals surface area contributed by atoms with Crippen molar-refractivity contribution >= 4 is 6.16 Å². The summed E-state index contributed by atoms with van der Waals surface area (Å²) in [5, 5.41) is 0. The highest BCUT2D eigenvalue weighted by atomic mass is 16.7. The third-order valence-electron chi connectivity index (χ3n) is 1.68. The van der Waals surface area contributed by atoms with Crippen LogP contribution >= 0.6 is 0 Å². The minimum absolute atomic E-state index is 0.123. The smallest absolute Gasteiger partial charge is 0.432 e. The third kappa shape index (κ3) is 6.68. The van der Waals surface area contributed by atoms with Gasteiger partial charge in [0.1, 0.15) is 13.2 Å². The number of carbonyl (C=O) groups is 1. The van der Waals surface area contributed by atoms with Gasteiger partial charge < -0.3 is 18.9 Å². The maximum Gasteiger partial charge on any atom is 0.508 e. The molecule has 0 aliphatic carbocycles. The first-order valence-corrected chi connectivity index (χ1v) is 4.45. The Bertz CT molecular complexity index is 143. The molecule has 0 aliphatic rings. The van der Waals surface area contributed by atoms with Crippen LogP contribution in [0.1, 0.15) is 13.8 Å². The Morgan fingerprint density at radius 1 is 1.00 bits per heavy atom. The Kier molecular flexibility index (Phi) is 7.14. The van der Waals surface area contributed by atoms with Gasteiger partial charge in [-0.25, -0.2) is 4.79 Å². The van der Waals surface area contributed by atoms with Crippen molar-refractivity contribution in [3.05, 3.63) is 0 Å². The first kappa shape index (κ1) is 13.2. The minimum Gasteiger partial charge on any atom is -0.432 e. The van der Waals surface area contributed by atoms with E-state index in [1.54, 1.807) is 28.1 Å². The van der Waals surface area contributed by atoms with Gasteiger partial charge in [0.15, 0.2) is 0 Å². The molecule has 0 spiro atoms. The monoisotopic (exact) mass is 206 g/mol. The summed E-state index contributed by atoms with van der Waals surface area (Å²) in [6.07, 6.45) is -0.942. The molecule has 0 saturated heterocycles. The van der Waals surface area contributed by atoms with Gasteiger partial charge in [-0.1, -0.05) is 0 Å². The van der Waals surface area contributed by atoms with Crippen molar-refractivity contribution in [2.24, 2.45) is 0 Å². The van der Waals surface area contributed by atoms with Gasteiger partial charge in [0.25, 0.3) is 0 Å². The average molecular weight is 206 g/mol. The molecule has 0 N–H and O–H groups in total. The van der Waals surface area contributed by atoms with E-state index < -0.39 is 6.16 Å². The summed E-state index contributed by atoms with van der Waals surface area (Å²) in [7, 11) is 3.10. The second kappa shape index (κ2) is 7.58. The van der Waals surface area contributed by atoms with Gasteiger partial charge in [0.2, 0.25) is 0 Å². The fraction of sp³-hybridized carbons (Fsp3) is 0.889. The summed E-state index contributed by atoms with van der Waals surface area (Å²) < 4.78 is 19.3. The van der Waals surface area contributed by atoms with Crippen LogP contribution in [0.25, 0.3) is 0 Å². The van der Waals surface area contributed by atoms with Crippen LogP contribution < -0.4 is 0 Å². The Labute approximate surface area is 84.3 Å². The molecule has 0 saturated carbocycles. The zero-order chi connectivity index (χ0) is 11.0. The maximum atomic E-state index is 10.9. The first-order valence-electron chi connectivity index (χ1n) is 4.45. The second-order valence-corrected chi connectivity index (χ2v) is 2.96. The number of carbonyl (C=O) groups excluding carboxylic acids is 1. The van der Waals surface area contributed by atoms with Gasteiger partial charge in [-0.2, -0.15) is 0 Å². The molecule has 0 heterocycles. The molecular formula is C9H18O5. The molecule has 0 aromatic rings. The Balaban J connectivity index is 3.46. The van der Waals surface area contributed by atoms with Crippen LogP contribution in [0.5, 0.6) is 0 Å². The minimum atomic E-state index is -0.696. The topological polar surface area (TPSA) is 54.0 Å². The number of hydrogen-bond acceptors (Lipinski definition) is 5. The standard InChI is InChI=1S/C9H18O5/c1-7(11-3)5-13-9(10)14-6-8(2)12-4/h7-8H,5-6H2,1-4H3. The lowest BCUT2D eigenvalue weighted by Gasteiger charge is -2.12. The molecule has 0 aliphatic heterocycles. The zero-order valence-electron chi connectivity index (χ0n) is 9.11. The lowest BCUT2D eigenvalue weighted by atomic mass is 10.4. The lowest BCUT2D eigenvalue weighted by Crippen LogP contribution is -2.21.